The van der Waals surface area contributed by atoms with Crippen LogP contribution in [-0.4, -0.2) is 44.7 Å². The van der Waals surface area contributed by atoms with Gasteiger partial charge in [-0.15, -0.1) is 0 Å². The highest BCUT2D eigenvalue weighted by molar-refractivity contribution is 5.86. The third-order valence-corrected chi connectivity index (χ3v) is 5.49. The number of nitrogens with zero attached hydrogens (tertiary/aromatic N) is 5. The van der Waals surface area contributed by atoms with Crippen LogP contribution in [0.1, 0.15) is 31.7 Å². The molecular formula is C24H31N7O. The summed E-state index contributed by atoms with van der Waals surface area (Å²) in [5, 5.41) is 3.27. The number of aryl methyl sites for hydroxylation is 1. The summed E-state index contributed by atoms with van der Waals surface area (Å²) < 4.78 is 7.86. The maximum atomic E-state index is 6.29. The fourth-order valence-corrected chi connectivity index (χ4v) is 3.93. The molecule has 8 nitrogen and oxygen atoms in total. The number of fused-ring (bicyclic) bond motifs is 1. The van der Waals surface area contributed by atoms with E-state index in [1.165, 1.54) is 5.57 Å². The van der Waals surface area contributed by atoms with Crippen molar-refractivity contribution in [3.8, 4) is 17.4 Å². The van der Waals surface area contributed by atoms with Crippen molar-refractivity contribution in [2.45, 2.75) is 39.7 Å². The van der Waals surface area contributed by atoms with Gasteiger partial charge in [-0.1, -0.05) is 31.6 Å². The second kappa shape index (κ2) is 9.91. The van der Waals surface area contributed by atoms with Gasteiger partial charge >= 0.3 is 6.01 Å². The fraction of sp³-hybridized carbons (Fsp3) is 0.417. The molecule has 0 fully saturated rings. The van der Waals surface area contributed by atoms with Gasteiger partial charge in [0.05, 0.1) is 13.2 Å². The summed E-state index contributed by atoms with van der Waals surface area (Å²) in [5.41, 5.74) is 10.7. The maximum Gasteiger partial charge on any atom is 0.320 e. The lowest BCUT2D eigenvalue weighted by Gasteiger charge is -2.18. The first-order chi connectivity index (χ1) is 15.6. The van der Waals surface area contributed by atoms with E-state index in [1.54, 1.807) is 0 Å². The number of allylic oxidation sites excluding steroid dienone is 3. The Labute approximate surface area is 188 Å². The number of pyridine rings is 1. The number of nitrogens with one attached hydrogen (secondary N) is 1. The number of nitrogen functional groups attached to an aromatic ring is 1. The van der Waals surface area contributed by atoms with Crippen LogP contribution in [0, 0.1) is 12.8 Å². The largest absolute Gasteiger partial charge is 0.463 e. The first kappa shape index (κ1) is 22.0. The lowest BCUT2D eigenvalue weighted by Crippen LogP contribution is -2.19. The molecule has 0 amide bonds. The van der Waals surface area contributed by atoms with Gasteiger partial charge in [0.1, 0.15) is 5.82 Å². The number of ether oxygens (including phenoxy) is 1. The van der Waals surface area contributed by atoms with E-state index in [9.17, 15) is 0 Å². The predicted octanol–water partition coefficient (Wildman–Crippen LogP) is 3.68. The van der Waals surface area contributed by atoms with Crippen LogP contribution in [0.3, 0.4) is 0 Å². The average Bonchev–Trinajstić information content (AvgIpc) is 3.13. The fourth-order valence-electron chi connectivity index (χ4n) is 3.93. The summed E-state index contributed by atoms with van der Waals surface area (Å²) in [6.07, 6.45) is 13.4. The Morgan fingerprint density at radius 3 is 2.91 bits per heavy atom. The van der Waals surface area contributed by atoms with Crippen LogP contribution >= 0.6 is 0 Å². The molecule has 3 aromatic rings. The highest BCUT2D eigenvalue weighted by atomic mass is 16.5. The molecule has 0 bridgehead atoms. The predicted molar refractivity (Wildman–Crippen MR) is 127 cm³/mol. The SMILES string of the molecule is CCCCOc1nc(N)c2nc(-c3cncc(C)c3)n(CC3=CC(CNC)CC=C3)c2n1. The molecule has 8 heteroatoms. The quantitative estimate of drug-likeness (QED) is 0.496. The normalized spacial score (nSPS) is 15.8. The number of anilines is 1. The lowest BCUT2D eigenvalue weighted by atomic mass is 9.96. The van der Waals surface area contributed by atoms with Gasteiger partial charge in [-0.3, -0.25) is 4.98 Å². The average molecular weight is 434 g/mol. The van der Waals surface area contributed by atoms with Crippen molar-refractivity contribution in [3.63, 3.8) is 0 Å². The van der Waals surface area contributed by atoms with E-state index in [0.29, 0.717) is 42.1 Å². The monoisotopic (exact) mass is 433 g/mol. The van der Waals surface area contributed by atoms with E-state index in [2.05, 4.69) is 51.1 Å². The van der Waals surface area contributed by atoms with Gasteiger partial charge in [0.2, 0.25) is 0 Å². The number of rotatable bonds is 9. The number of nitrogens with two attached hydrogens (primary N) is 1. The van der Waals surface area contributed by atoms with E-state index in [0.717, 1.165) is 42.8 Å². The van der Waals surface area contributed by atoms with Gasteiger partial charge < -0.3 is 20.4 Å². The highest BCUT2D eigenvalue weighted by Crippen LogP contribution is 2.29. The Balaban J connectivity index is 1.81. The van der Waals surface area contributed by atoms with Gasteiger partial charge in [-0.2, -0.15) is 9.97 Å². The molecule has 0 aromatic carbocycles. The summed E-state index contributed by atoms with van der Waals surface area (Å²) in [7, 11) is 1.98. The zero-order chi connectivity index (χ0) is 22.5. The third kappa shape index (κ3) is 4.80. The van der Waals surface area contributed by atoms with Crippen molar-refractivity contribution in [1.29, 1.82) is 0 Å². The highest BCUT2D eigenvalue weighted by Gasteiger charge is 2.20. The van der Waals surface area contributed by atoms with E-state index >= 15 is 0 Å². The van der Waals surface area contributed by atoms with Crippen LogP contribution in [0.25, 0.3) is 22.6 Å². The number of unbranched alkanes of at least 4 members (excludes halogenated alkanes) is 1. The van der Waals surface area contributed by atoms with Crippen molar-refractivity contribution >= 4 is 17.0 Å². The Morgan fingerprint density at radius 2 is 2.12 bits per heavy atom. The molecule has 32 heavy (non-hydrogen) atoms. The van der Waals surface area contributed by atoms with E-state index in [4.69, 9.17) is 20.4 Å². The van der Waals surface area contributed by atoms with Crippen LogP contribution in [0.4, 0.5) is 5.82 Å². The zero-order valence-corrected chi connectivity index (χ0v) is 19.0. The third-order valence-electron chi connectivity index (χ3n) is 5.49. The first-order valence-corrected chi connectivity index (χ1v) is 11.2. The molecule has 0 spiro atoms. The molecule has 3 heterocycles. The molecule has 0 saturated heterocycles. The van der Waals surface area contributed by atoms with Crippen LogP contribution in [0.15, 0.2) is 42.3 Å². The zero-order valence-electron chi connectivity index (χ0n) is 19.0. The van der Waals surface area contributed by atoms with Gasteiger partial charge in [-0.05, 0) is 49.9 Å². The standard InChI is InChI=1S/C24H31N7O/c1-4-5-9-32-24-29-21(25)20-23(30-24)31(15-18-8-6-7-17(11-18)13-26-3)22(28-20)19-10-16(2)12-27-14-19/h6,8,10-12,14,17,26H,4-5,7,9,13,15H2,1-3H3,(H2,25,29,30). The van der Waals surface area contributed by atoms with Crippen LogP contribution < -0.4 is 15.8 Å². The Hall–Kier alpha value is -3.26. The van der Waals surface area contributed by atoms with Crippen molar-refractivity contribution in [1.82, 2.24) is 29.8 Å². The Kier molecular flexibility index (Phi) is 6.80. The van der Waals surface area contributed by atoms with Gasteiger partial charge in [0.25, 0.3) is 0 Å². The molecule has 1 aliphatic carbocycles. The lowest BCUT2D eigenvalue weighted by molar-refractivity contribution is 0.286. The second-order valence-electron chi connectivity index (χ2n) is 8.24. The smallest absolute Gasteiger partial charge is 0.320 e. The number of aromatic nitrogens is 5. The molecule has 4 rings (SSSR count). The van der Waals surface area contributed by atoms with Crippen molar-refractivity contribution in [3.05, 3.63) is 47.8 Å². The number of hydrogen-bond acceptors (Lipinski definition) is 7. The van der Waals surface area contributed by atoms with Crippen LogP contribution in [0.5, 0.6) is 6.01 Å². The van der Waals surface area contributed by atoms with Crippen molar-refractivity contribution < 1.29 is 4.74 Å². The van der Waals surface area contributed by atoms with E-state index < -0.39 is 0 Å². The van der Waals surface area contributed by atoms with Gasteiger partial charge in [0.15, 0.2) is 17.0 Å². The molecule has 1 aliphatic rings. The molecule has 3 aromatic heterocycles. The first-order valence-electron chi connectivity index (χ1n) is 11.2. The summed E-state index contributed by atoms with van der Waals surface area (Å²) in [4.78, 5) is 18.2. The van der Waals surface area contributed by atoms with Gasteiger partial charge in [-0.25, -0.2) is 4.98 Å². The summed E-state index contributed by atoms with van der Waals surface area (Å²) in [5.74, 6) is 1.56. The molecule has 168 valence electrons. The minimum atomic E-state index is 0.291. The molecule has 0 saturated carbocycles. The minimum Gasteiger partial charge on any atom is -0.463 e. The van der Waals surface area contributed by atoms with E-state index in [-0.39, 0.29) is 0 Å². The number of hydrogen-bond donors (Lipinski definition) is 2. The van der Waals surface area contributed by atoms with Crippen molar-refractivity contribution in [2.75, 3.05) is 25.9 Å². The minimum absolute atomic E-state index is 0.291. The second-order valence-corrected chi connectivity index (χ2v) is 8.24. The van der Waals surface area contributed by atoms with E-state index in [1.807, 2.05) is 26.4 Å². The molecule has 0 radical (unpaired) electrons. The van der Waals surface area contributed by atoms with Crippen LogP contribution in [-0.2, 0) is 6.54 Å². The summed E-state index contributed by atoms with van der Waals surface area (Å²) in [6, 6.07) is 2.36. The Bertz CT molecular complexity index is 1150. The summed E-state index contributed by atoms with van der Waals surface area (Å²) >= 11 is 0. The molecule has 0 aliphatic heterocycles. The molecule has 1 unspecified atom stereocenters. The number of imidazole rings is 1. The molecular weight excluding hydrogens is 402 g/mol. The van der Waals surface area contributed by atoms with Crippen LogP contribution in [0.2, 0.25) is 0 Å². The van der Waals surface area contributed by atoms with Crippen molar-refractivity contribution in [2.24, 2.45) is 5.92 Å². The van der Waals surface area contributed by atoms with Gasteiger partial charge in [0, 0.05) is 24.5 Å². The summed E-state index contributed by atoms with van der Waals surface area (Å²) in [6.45, 7) is 6.26. The molecule has 1 atom stereocenters. The topological polar surface area (TPSA) is 104 Å². The molecule has 3 N–H and O–H groups in total. The Morgan fingerprint density at radius 1 is 1.25 bits per heavy atom. The maximum absolute atomic E-state index is 6.29.